The third-order valence-electron chi connectivity index (χ3n) is 13.3. The van der Waals surface area contributed by atoms with Crippen molar-refractivity contribution in [3.8, 4) is 12.1 Å². The quantitative estimate of drug-likeness (QED) is 0.0238. The molecule has 30 heteroatoms. The maximum absolute atomic E-state index is 12.4. The van der Waals surface area contributed by atoms with Crippen molar-refractivity contribution in [3.63, 3.8) is 0 Å². The number of ether oxygens (including phenoxy) is 9. The van der Waals surface area contributed by atoms with E-state index in [2.05, 4.69) is 49.2 Å². The summed E-state index contributed by atoms with van der Waals surface area (Å²) < 4.78 is 78.7. The maximum atomic E-state index is 12.4. The van der Waals surface area contributed by atoms with Crippen LogP contribution < -0.4 is 0 Å². The molecule has 2 saturated carbocycles. The van der Waals surface area contributed by atoms with Gasteiger partial charge in [0.25, 0.3) is 17.1 Å². The fraction of sp³-hybridized carbons (Fsp3) is 0.936. The van der Waals surface area contributed by atoms with E-state index in [9.17, 15) is 25.0 Å². The lowest BCUT2D eigenvalue weighted by atomic mass is 9.81. The van der Waals surface area contributed by atoms with Crippen molar-refractivity contribution in [2.24, 2.45) is 11.8 Å². The summed E-state index contributed by atoms with van der Waals surface area (Å²) in [6.07, 6.45) is -1.72. The molecule has 2 aliphatic carbocycles. The van der Waals surface area contributed by atoms with Crippen LogP contribution in [0.5, 0.6) is 0 Å². The highest BCUT2D eigenvalue weighted by atomic mass is 31.2. The summed E-state index contributed by atoms with van der Waals surface area (Å²) in [6, 6.07) is 1.87. The van der Waals surface area contributed by atoms with Crippen molar-refractivity contribution >= 4 is 38.9 Å². The molecule has 440 valence electrons. The van der Waals surface area contributed by atoms with Crippen LogP contribution in [-0.2, 0) is 60.7 Å². The smallest absolute Gasteiger partial charge is 0.434 e. The molecule has 4 radical (unpaired) electrons. The predicted octanol–water partition coefficient (Wildman–Crippen LogP) is 4.55. The van der Waals surface area contributed by atoms with Crippen molar-refractivity contribution in [2.45, 2.75) is 204 Å². The highest BCUT2D eigenvalue weighted by Crippen LogP contribution is 2.50. The van der Waals surface area contributed by atoms with Gasteiger partial charge in [0.2, 0.25) is 12.1 Å². The molecule has 16 atom stereocenters. The summed E-state index contributed by atoms with van der Waals surface area (Å²) >= 11 is 0. The Hall–Kier alpha value is -2.56. The maximum Gasteiger partial charge on any atom is 0.508 e. The first kappa shape index (κ1) is 72.5. The fourth-order valence-corrected chi connectivity index (χ4v) is 13.3. The molecule has 16 unspecified atom stereocenters. The van der Waals surface area contributed by atoms with Crippen LogP contribution in [-0.4, -0.2) is 217 Å². The van der Waals surface area contributed by atoms with Gasteiger partial charge in [0.15, 0.2) is 0 Å². The Kier molecular flexibility index (Phi) is 35.2. The van der Waals surface area contributed by atoms with Gasteiger partial charge in [-0.05, 0) is 81.1 Å². The molecule has 4 fully saturated rings. The number of nitrogens with zero attached hydrogens (tertiary/aromatic N) is 6. The molecule has 0 aromatic carbocycles. The Morgan fingerprint density at radius 3 is 1.29 bits per heavy atom. The van der Waals surface area contributed by atoms with Gasteiger partial charge in [-0.3, -0.25) is 20.2 Å². The molecular weight excluding hydrogens is 1050 g/mol. The molecular formula is C47H86B2N6O20P2. The monoisotopic (exact) mass is 1140 g/mol. The second-order valence-corrected chi connectivity index (χ2v) is 22.8. The topological polar surface area (TPSA) is 340 Å². The van der Waals surface area contributed by atoms with Crippen molar-refractivity contribution in [1.29, 1.82) is 10.5 Å². The van der Waals surface area contributed by atoms with Gasteiger partial charge in [-0.1, -0.05) is 0 Å². The summed E-state index contributed by atoms with van der Waals surface area (Å²) in [5.41, 5.74) is 0. The van der Waals surface area contributed by atoms with E-state index < -0.39 is 77.6 Å². The van der Waals surface area contributed by atoms with Gasteiger partial charge in [-0.15, -0.1) is 0 Å². The van der Waals surface area contributed by atoms with Gasteiger partial charge in [0, 0.05) is 87.3 Å². The molecule has 77 heavy (non-hydrogen) atoms. The van der Waals surface area contributed by atoms with E-state index in [4.69, 9.17) is 86.9 Å². The molecule has 0 aromatic rings. The summed E-state index contributed by atoms with van der Waals surface area (Å²) in [6.45, 7) is 16.9. The number of rotatable bonds is 30. The second kappa shape index (κ2) is 37.5. The van der Waals surface area contributed by atoms with Crippen LogP contribution in [0.1, 0.15) is 107 Å². The molecule has 0 aromatic heterocycles. The van der Waals surface area contributed by atoms with Gasteiger partial charge in [-0.2, -0.15) is 10.5 Å². The highest BCUT2D eigenvalue weighted by Gasteiger charge is 2.47. The molecule has 4 aliphatic rings. The third-order valence-corrected chi connectivity index (χ3v) is 17.6. The Balaban J connectivity index is 0.000000753. The Bertz CT molecular complexity index is 1770. The number of hydrogen-bond acceptors (Lipinski definition) is 22. The molecule has 0 amide bonds. The second-order valence-electron chi connectivity index (χ2n) is 20.0. The average Bonchev–Trinajstić information content (AvgIpc) is 3.89. The average molecular weight is 1140 g/mol. The zero-order chi connectivity index (χ0) is 55.9. The van der Waals surface area contributed by atoms with Crippen molar-refractivity contribution in [2.75, 3.05) is 68.1 Å². The number of carbonyl (C=O) groups is 1. The van der Waals surface area contributed by atoms with E-state index in [0.29, 0.717) is 25.7 Å². The van der Waals surface area contributed by atoms with E-state index in [1.54, 1.807) is 14.2 Å². The minimum atomic E-state index is -1.55. The van der Waals surface area contributed by atoms with Gasteiger partial charge >= 0.3 is 6.16 Å². The Morgan fingerprint density at radius 1 is 0.584 bits per heavy atom. The van der Waals surface area contributed by atoms with Crippen LogP contribution in [0, 0.1) is 54.7 Å². The first-order chi connectivity index (χ1) is 35.6. The predicted molar refractivity (Wildman–Crippen MR) is 284 cm³/mol. The first-order valence-corrected chi connectivity index (χ1v) is 28.0. The molecule has 26 nitrogen and oxygen atoms in total. The lowest BCUT2D eigenvalue weighted by molar-refractivity contribution is -0.540. The fourth-order valence-electron chi connectivity index (χ4n) is 9.78. The molecule has 0 spiro atoms. The van der Waals surface area contributed by atoms with Crippen molar-refractivity contribution in [3.05, 3.63) is 20.2 Å². The normalized spacial score (nSPS) is 30.0. The van der Waals surface area contributed by atoms with Crippen LogP contribution in [0.15, 0.2) is 0 Å². The molecule has 4 rings (SSSR count). The van der Waals surface area contributed by atoms with E-state index >= 15 is 0 Å². The molecule has 4 N–H and O–H groups in total. The van der Waals surface area contributed by atoms with Crippen molar-refractivity contribution < 1.29 is 86.3 Å². The summed E-state index contributed by atoms with van der Waals surface area (Å²) in [4.78, 5) is 35.1. The van der Waals surface area contributed by atoms with Crippen LogP contribution in [0.4, 0.5) is 4.79 Å². The Labute approximate surface area is 459 Å². The van der Waals surface area contributed by atoms with Gasteiger partial charge in [-0.25, -0.2) is 14.1 Å². The van der Waals surface area contributed by atoms with Gasteiger partial charge < -0.3 is 71.7 Å². The zero-order valence-corrected chi connectivity index (χ0v) is 48.7. The molecule has 0 bridgehead atoms. The summed E-state index contributed by atoms with van der Waals surface area (Å²) in [5, 5.41) is 41.1. The zero-order valence-electron chi connectivity index (χ0n) is 46.9. The lowest BCUT2D eigenvalue weighted by Crippen LogP contribution is -2.48. The Morgan fingerprint density at radius 2 is 0.935 bits per heavy atom. The number of methoxy groups -OCH3 is 4. The van der Waals surface area contributed by atoms with E-state index in [-0.39, 0.29) is 141 Å². The third kappa shape index (κ3) is 23.1. The van der Waals surface area contributed by atoms with Crippen LogP contribution in [0.25, 0.3) is 0 Å². The van der Waals surface area contributed by atoms with Gasteiger partial charge in [0.1, 0.15) is 41.1 Å². The van der Waals surface area contributed by atoms with Crippen molar-refractivity contribution in [1.82, 2.24) is 9.34 Å². The molecule has 2 heterocycles. The minimum absolute atomic E-state index is 0. The number of nitro groups is 2. The highest BCUT2D eigenvalue weighted by molar-refractivity contribution is 7.44. The number of nitriles is 2. The van der Waals surface area contributed by atoms with Gasteiger partial charge in [0.05, 0.1) is 99.9 Å². The minimum Gasteiger partial charge on any atom is -0.434 e. The number of carbonyl (C=O) groups excluding carboxylic acids is 1. The van der Waals surface area contributed by atoms with Crippen LogP contribution in [0.3, 0.4) is 0 Å². The molecule has 2 aliphatic heterocycles. The lowest BCUT2D eigenvalue weighted by Gasteiger charge is -2.37. The summed E-state index contributed by atoms with van der Waals surface area (Å²) in [7, 11) is 15.2. The van der Waals surface area contributed by atoms with E-state index in [1.807, 2.05) is 27.7 Å². The van der Waals surface area contributed by atoms with Crippen LogP contribution in [0.2, 0.25) is 0 Å². The molecule has 2 saturated heterocycles. The SMILES string of the molecule is O.O.[B]C1CC(OP(OCCC#N)N(C(C)C)C(C)C)C(COC(=O)OCC2CC(OC)C(OC)CC2[N+](=O)[O-])O1.[B]C1CC(OP(OCCC#N)N(C(C)C)C(C)C)C(COCC2CC(OC)C(OC)CC2[N+](=O)[O-])O1. The van der Waals surface area contributed by atoms with Crippen LogP contribution >= 0.6 is 17.1 Å². The standard InChI is InChI=1S/C24H41BN3O10P.C23H41BN3O8P.2H2O/c1-15(2)27(16(3)4)39(36-9-7-8-26)38-21-12-23(25)37-22(21)14-35-24(29)34-13-17-10-19(32-5)20(33-6)11-18(17)28(30)31;1-15(2)26(16(3)4)36(33-9-7-8-25)35-21-12-23(24)34-22(21)14-32-13-17-10-19(30-5)20(31-6)11-18(17)27(28)29;;/h15-23H,7,9-14H2,1-6H3;15-23H,7,9-14H2,1-6H3;2*1H2. The van der Waals surface area contributed by atoms with E-state index in [0.717, 1.165) is 0 Å². The first-order valence-electron chi connectivity index (χ1n) is 25.7. The summed E-state index contributed by atoms with van der Waals surface area (Å²) in [5.74, 6) is -0.863. The largest absolute Gasteiger partial charge is 0.508 e. The number of hydrogen-bond donors (Lipinski definition) is 0. The van der Waals surface area contributed by atoms with E-state index in [1.165, 1.54) is 14.2 Å².